The van der Waals surface area contributed by atoms with Crippen molar-refractivity contribution < 1.29 is 14.5 Å². The molecule has 172 valence electrons. The van der Waals surface area contributed by atoms with Crippen LogP contribution in [0.15, 0.2) is 77.6 Å². The molecule has 0 saturated carbocycles. The van der Waals surface area contributed by atoms with E-state index in [1.54, 1.807) is 30.3 Å². The number of carbonyl (C=O) groups is 1. The Balaban J connectivity index is 1.75. The van der Waals surface area contributed by atoms with Crippen LogP contribution in [-0.4, -0.2) is 22.4 Å². The summed E-state index contributed by atoms with van der Waals surface area (Å²) in [5, 5.41) is 11.9. The van der Waals surface area contributed by atoms with Crippen molar-refractivity contribution in [2.45, 2.75) is 20.4 Å². The lowest BCUT2D eigenvalue weighted by molar-refractivity contribution is -0.384. The van der Waals surface area contributed by atoms with Gasteiger partial charge in [-0.3, -0.25) is 19.7 Å². The molecular formula is C26H23N3O5. The minimum Gasteiger partial charge on any atom is -0.494 e. The highest BCUT2D eigenvalue weighted by molar-refractivity contribution is 6.06. The summed E-state index contributed by atoms with van der Waals surface area (Å²) in [6.07, 6.45) is 0. The predicted octanol–water partition coefficient (Wildman–Crippen LogP) is 4.99. The van der Waals surface area contributed by atoms with Crippen molar-refractivity contribution in [2.24, 2.45) is 0 Å². The third-order valence-electron chi connectivity index (χ3n) is 5.52. The Morgan fingerprint density at radius 1 is 1.06 bits per heavy atom. The number of nitrogens with zero attached hydrogens (tertiary/aromatic N) is 2. The maximum absolute atomic E-state index is 13.5. The van der Waals surface area contributed by atoms with Gasteiger partial charge < -0.3 is 14.6 Å². The number of aromatic amines is 1. The predicted molar refractivity (Wildman–Crippen MR) is 131 cm³/mol. The van der Waals surface area contributed by atoms with Crippen LogP contribution in [-0.2, 0) is 6.54 Å². The van der Waals surface area contributed by atoms with Gasteiger partial charge in [-0.2, -0.15) is 0 Å². The standard InChI is InChI=1S/C26H23N3O5/c1-3-34-23-13-11-21(12-14-23)28(26(31)18-7-9-22(10-8-18)29(32)33)16-20-15-19-6-4-5-17(2)24(19)27-25(20)30/h4-15H,3,16H2,1-2H3,(H,27,30). The third-order valence-corrected chi connectivity index (χ3v) is 5.52. The molecule has 0 radical (unpaired) electrons. The van der Waals surface area contributed by atoms with Gasteiger partial charge in [0.2, 0.25) is 0 Å². The summed E-state index contributed by atoms with van der Waals surface area (Å²) in [5.41, 5.74) is 2.57. The SMILES string of the molecule is CCOc1ccc(N(Cc2cc3cccc(C)c3[nH]c2=O)C(=O)c2ccc([N+](=O)[O-])cc2)cc1. The lowest BCUT2D eigenvalue weighted by atomic mass is 10.1. The number of aromatic nitrogens is 1. The van der Waals surface area contributed by atoms with Crippen molar-refractivity contribution in [1.29, 1.82) is 0 Å². The van der Waals surface area contributed by atoms with Gasteiger partial charge in [0.1, 0.15) is 5.75 Å². The number of hydrogen-bond donors (Lipinski definition) is 1. The Kier molecular flexibility index (Phi) is 6.40. The molecule has 8 nitrogen and oxygen atoms in total. The summed E-state index contributed by atoms with van der Waals surface area (Å²) in [7, 11) is 0. The van der Waals surface area contributed by atoms with Crippen LogP contribution in [0.3, 0.4) is 0 Å². The minimum atomic E-state index is -0.519. The Labute approximate surface area is 195 Å². The zero-order valence-corrected chi connectivity index (χ0v) is 18.8. The number of para-hydroxylation sites is 1. The Hall–Kier alpha value is -4.46. The molecule has 3 aromatic carbocycles. The van der Waals surface area contributed by atoms with Crippen molar-refractivity contribution >= 4 is 28.2 Å². The fourth-order valence-electron chi connectivity index (χ4n) is 3.77. The van der Waals surface area contributed by atoms with Gasteiger partial charge in [0, 0.05) is 28.9 Å². The first-order valence-corrected chi connectivity index (χ1v) is 10.8. The van der Waals surface area contributed by atoms with Gasteiger partial charge in [-0.25, -0.2) is 0 Å². The second-order valence-electron chi connectivity index (χ2n) is 7.79. The Morgan fingerprint density at radius 2 is 1.76 bits per heavy atom. The number of nitro benzene ring substituents is 1. The van der Waals surface area contributed by atoms with E-state index in [0.717, 1.165) is 16.5 Å². The highest BCUT2D eigenvalue weighted by atomic mass is 16.6. The molecule has 4 rings (SSSR count). The van der Waals surface area contributed by atoms with Gasteiger partial charge in [-0.05, 0) is 67.3 Å². The first-order chi connectivity index (χ1) is 16.4. The molecule has 0 saturated heterocycles. The second kappa shape index (κ2) is 9.58. The summed E-state index contributed by atoms with van der Waals surface area (Å²) in [6, 6.07) is 19.9. The number of carbonyl (C=O) groups excluding carboxylic acids is 1. The molecule has 0 bridgehead atoms. The number of ether oxygens (including phenoxy) is 1. The van der Waals surface area contributed by atoms with E-state index >= 15 is 0 Å². The van der Waals surface area contributed by atoms with Gasteiger partial charge in [0.05, 0.1) is 23.6 Å². The molecule has 4 aromatic rings. The van der Waals surface area contributed by atoms with E-state index in [9.17, 15) is 19.7 Å². The molecule has 1 amide bonds. The van der Waals surface area contributed by atoms with Crippen LogP contribution in [0.4, 0.5) is 11.4 Å². The number of nitro groups is 1. The zero-order valence-electron chi connectivity index (χ0n) is 18.8. The maximum Gasteiger partial charge on any atom is 0.269 e. The molecule has 0 atom stereocenters. The number of H-pyrrole nitrogens is 1. The lowest BCUT2D eigenvalue weighted by Crippen LogP contribution is -2.33. The number of aryl methyl sites for hydroxylation is 1. The Bertz CT molecular complexity index is 1410. The first kappa shape index (κ1) is 22.7. The molecule has 1 heterocycles. The van der Waals surface area contributed by atoms with Crippen molar-refractivity contribution in [2.75, 3.05) is 11.5 Å². The monoisotopic (exact) mass is 457 g/mol. The average Bonchev–Trinajstić information content (AvgIpc) is 2.84. The quantitative estimate of drug-likeness (QED) is 0.311. The van der Waals surface area contributed by atoms with E-state index in [2.05, 4.69) is 4.98 Å². The Morgan fingerprint density at radius 3 is 2.41 bits per heavy atom. The minimum absolute atomic E-state index is 0.0169. The summed E-state index contributed by atoms with van der Waals surface area (Å²) >= 11 is 0. The molecule has 8 heteroatoms. The summed E-state index contributed by atoms with van der Waals surface area (Å²) in [4.78, 5) is 41.2. The highest BCUT2D eigenvalue weighted by Gasteiger charge is 2.21. The molecule has 0 fully saturated rings. The van der Waals surface area contributed by atoms with E-state index in [4.69, 9.17) is 4.74 Å². The zero-order chi connectivity index (χ0) is 24.2. The van der Waals surface area contributed by atoms with Crippen molar-refractivity contribution in [3.8, 4) is 5.75 Å². The number of pyridine rings is 1. The first-order valence-electron chi connectivity index (χ1n) is 10.8. The van der Waals surface area contributed by atoms with Crippen LogP contribution >= 0.6 is 0 Å². The number of hydrogen-bond acceptors (Lipinski definition) is 5. The summed E-state index contributed by atoms with van der Waals surface area (Å²) in [5.74, 6) is 0.274. The third kappa shape index (κ3) is 4.66. The normalized spacial score (nSPS) is 10.8. The largest absolute Gasteiger partial charge is 0.494 e. The molecule has 0 aliphatic rings. The molecule has 1 N–H and O–H groups in total. The molecular weight excluding hydrogens is 434 g/mol. The molecule has 0 unspecified atom stereocenters. The van der Waals surface area contributed by atoms with Gasteiger partial charge in [-0.15, -0.1) is 0 Å². The van der Waals surface area contributed by atoms with Crippen LogP contribution in [0.5, 0.6) is 5.75 Å². The van der Waals surface area contributed by atoms with Crippen molar-refractivity contribution in [3.63, 3.8) is 0 Å². The number of benzene rings is 3. The fourth-order valence-corrected chi connectivity index (χ4v) is 3.77. The molecule has 0 aliphatic carbocycles. The van der Waals surface area contributed by atoms with Crippen LogP contribution < -0.4 is 15.2 Å². The lowest BCUT2D eigenvalue weighted by Gasteiger charge is -2.23. The smallest absolute Gasteiger partial charge is 0.269 e. The van der Waals surface area contributed by atoms with Gasteiger partial charge >= 0.3 is 0 Å². The number of anilines is 1. The molecule has 34 heavy (non-hydrogen) atoms. The van der Waals surface area contributed by atoms with E-state index in [0.29, 0.717) is 23.6 Å². The summed E-state index contributed by atoms with van der Waals surface area (Å²) in [6.45, 7) is 4.33. The van der Waals surface area contributed by atoms with Gasteiger partial charge in [0.15, 0.2) is 0 Å². The highest BCUT2D eigenvalue weighted by Crippen LogP contribution is 2.25. The van der Waals surface area contributed by atoms with E-state index in [1.165, 1.54) is 29.2 Å². The number of amides is 1. The fraction of sp³-hybridized carbons (Fsp3) is 0.154. The van der Waals surface area contributed by atoms with E-state index < -0.39 is 4.92 Å². The maximum atomic E-state index is 13.5. The number of rotatable bonds is 7. The van der Waals surface area contributed by atoms with Crippen LogP contribution in [0, 0.1) is 17.0 Å². The van der Waals surface area contributed by atoms with Crippen LogP contribution in [0.2, 0.25) is 0 Å². The van der Waals surface area contributed by atoms with Gasteiger partial charge in [-0.1, -0.05) is 18.2 Å². The molecule has 0 spiro atoms. The van der Waals surface area contributed by atoms with E-state index in [-0.39, 0.29) is 29.3 Å². The molecule has 1 aromatic heterocycles. The average molecular weight is 457 g/mol. The van der Waals surface area contributed by atoms with Crippen molar-refractivity contribution in [3.05, 3.63) is 110 Å². The number of fused-ring (bicyclic) bond motifs is 1. The van der Waals surface area contributed by atoms with E-state index in [1.807, 2.05) is 32.0 Å². The molecule has 0 aliphatic heterocycles. The van der Waals surface area contributed by atoms with Crippen LogP contribution in [0.25, 0.3) is 10.9 Å². The van der Waals surface area contributed by atoms with Crippen molar-refractivity contribution in [1.82, 2.24) is 4.98 Å². The van der Waals surface area contributed by atoms with Crippen LogP contribution in [0.1, 0.15) is 28.4 Å². The number of nitrogens with one attached hydrogen (secondary N) is 1. The second-order valence-corrected chi connectivity index (χ2v) is 7.79. The topological polar surface area (TPSA) is 106 Å². The van der Waals surface area contributed by atoms with Gasteiger partial charge in [0.25, 0.3) is 17.2 Å². The number of non-ortho nitro benzene ring substituents is 1. The summed E-state index contributed by atoms with van der Waals surface area (Å²) < 4.78 is 5.50.